The molecule has 1 heterocycles. The number of thioether (sulfide) groups is 1. The number of nitrogens with zero attached hydrogens (tertiary/aromatic N) is 2. The lowest BCUT2D eigenvalue weighted by atomic mass is 10.1. The fourth-order valence-corrected chi connectivity index (χ4v) is 2.97. The molecule has 0 aliphatic rings. The molecule has 4 nitrogen and oxygen atoms in total. The van der Waals surface area contributed by atoms with Crippen LogP contribution >= 0.6 is 23.4 Å². The largest absolute Gasteiger partial charge is 0.337 e. The predicted molar refractivity (Wildman–Crippen MR) is 99.2 cm³/mol. The molecule has 0 spiro atoms. The van der Waals surface area contributed by atoms with Gasteiger partial charge in [-0.2, -0.15) is 0 Å². The summed E-state index contributed by atoms with van der Waals surface area (Å²) in [6.45, 7) is 0. The van der Waals surface area contributed by atoms with E-state index in [0.717, 1.165) is 12.1 Å². The van der Waals surface area contributed by atoms with E-state index in [1.165, 1.54) is 30.0 Å². The number of rotatable bonds is 5. The van der Waals surface area contributed by atoms with Crippen molar-refractivity contribution in [1.29, 1.82) is 0 Å². The fourth-order valence-electron chi connectivity index (χ4n) is 2.35. The Kier molecular flexibility index (Phi) is 5.67. The average molecular weight is 410 g/mol. The first-order chi connectivity index (χ1) is 12.9. The highest BCUT2D eigenvalue weighted by Gasteiger charge is 2.19. The maximum absolute atomic E-state index is 14.0. The molecule has 0 radical (unpaired) electrons. The third kappa shape index (κ3) is 4.06. The van der Waals surface area contributed by atoms with Crippen LogP contribution in [0.1, 0.15) is 10.4 Å². The van der Waals surface area contributed by atoms with Crippen molar-refractivity contribution in [1.82, 2.24) is 9.97 Å². The Morgan fingerprint density at radius 1 is 1.07 bits per heavy atom. The summed E-state index contributed by atoms with van der Waals surface area (Å²) in [5, 5.41) is 3.02. The lowest BCUT2D eigenvalue weighted by Gasteiger charge is -2.14. The molecule has 3 rings (SSSR count). The molecule has 0 saturated heterocycles. The van der Waals surface area contributed by atoms with Crippen LogP contribution in [-0.4, -0.2) is 22.5 Å². The van der Waals surface area contributed by atoms with Gasteiger partial charge >= 0.3 is 0 Å². The molecule has 0 unspecified atom stereocenters. The van der Waals surface area contributed by atoms with Gasteiger partial charge in [0, 0.05) is 11.6 Å². The van der Waals surface area contributed by atoms with Gasteiger partial charge in [-0.3, -0.25) is 4.79 Å². The van der Waals surface area contributed by atoms with Crippen molar-refractivity contribution in [3.63, 3.8) is 0 Å². The number of hydrogen-bond donors (Lipinski definition) is 1. The number of aldehydes is 1. The Labute approximate surface area is 161 Å². The van der Waals surface area contributed by atoms with Crippen molar-refractivity contribution in [3.8, 4) is 11.3 Å². The quantitative estimate of drug-likeness (QED) is 0.343. The normalized spacial score (nSPS) is 10.7. The third-order valence-corrected chi connectivity index (χ3v) is 4.46. The Morgan fingerprint density at radius 2 is 1.78 bits per heavy atom. The number of carbonyl (C=O) groups excluding carboxylic acids is 1. The molecule has 2 aromatic carbocycles. The topological polar surface area (TPSA) is 54.9 Å². The van der Waals surface area contributed by atoms with Crippen LogP contribution < -0.4 is 5.32 Å². The van der Waals surface area contributed by atoms with E-state index < -0.39 is 17.5 Å². The van der Waals surface area contributed by atoms with E-state index in [4.69, 9.17) is 11.6 Å². The fraction of sp³-hybridized carbons (Fsp3) is 0.0556. The average Bonchev–Trinajstić information content (AvgIpc) is 2.63. The van der Waals surface area contributed by atoms with Crippen LogP contribution in [0.5, 0.6) is 0 Å². The molecule has 1 aromatic heterocycles. The molecule has 0 saturated carbocycles. The van der Waals surface area contributed by atoms with Crippen LogP contribution in [0, 0.1) is 17.5 Å². The molecule has 138 valence electrons. The van der Waals surface area contributed by atoms with E-state index in [1.54, 1.807) is 6.26 Å². The van der Waals surface area contributed by atoms with Gasteiger partial charge in [0.05, 0.1) is 22.0 Å². The first kappa shape index (κ1) is 19.2. The first-order valence-electron chi connectivity index (χ1n) is 7.51. The Balaban J connectivity index is 2.18. The molecule has 0 fully saturated rings. The van der Waals surface area contributed by atoms with Crippen LogP contribution in [0.25, 0.3) is 11.3 Å². The SMILES string of the molecule is CSc1nc(Nc2ccc(F)cc2F)c(C=O)c(-c2ccc(F)cc2Cl)n1. The van der Waals surface area contributed by atoms with Gasteiger partial charge in [0.25, 0.3) is 0 Å². The molecule has 0 bridgehead atoms. The Hall–Kier alpha value is -2.58. The number of aromatic nitrogens is 2. The Bertz CT molecular complexity index is 1030. The van der Waals surface area contributed by atoms with E-state index in [2.05, 4.69) is 15.3 Å². The zero-order valence-corrected chi connectivity index (χ0v) is 15.3. The summed E-state index contributed by atoms with van der Waals surface area (Å²) in [4.78, 5) is 20.2. The Morgan fingerprint density at radius 3 is 2.41 bits per heavy atom. The second-order valence-corrected chi connectivity index (χ2v) is 6.49. The van der Waals surface area contributed by atoms with Gasteiger partial charge in [-0.1, -0.05) is 23.4 Å². The molecule has 3 aromatic rings. The van der Waals surface area contributed by atoms with Crippen molar-refractivity contribution in [2.75, 3.05) is 11.6 Å². The van der Waals surface area contributed by atoms with Crippen molar-refractivity contribution >= 4 is 41.2 Å². The summed E-state index contributed by atoms with van der Waals surface area (Å²) in [6.07, 6.45) is 2.21. The smallest absolute Gasteiger partial charge is 0.189 e. The monoisotopic (exact) mass is 409 g/mol. The lowest BCUT2D eigenvalue weighted by Crippen LogP contribution is -2.06. The van der Waals surface area contributed by atoms with Gasteiger partial charge < -0.3 is 5.32 Å². The van der Waals surface area contributed by atoms with Crippen molar-refractivity contribution in [2.24, 2.45) is 0 Å². The molecular weight excluding hydrogens is 399 g/mol. The molecule has 0 amide bonds. The van der Waals surface area contributed by atoms with Gasteiger partial charge in [-0.25, -0.2) is 23.1 Å². The van der Waals surface area contributed by atoms with Crippen molar-refractivity contribution in [3.05, 3.63) is 64.4 Å². The summed E-state index contributed by atoms with van der Waals surface area (Å²) >= 11 is 7.29. The van der Waals surface area contributed by atoms with E-state index in [-0.39, 0.29) is 32.9 Å². The second kappa shape index (κ2) is 7.98. The summed E-state index contributed by atoms with van der Waals surface area (Å²) in [5.74, 6) is -2.11. The summed E-state index contributed by atoms with van der Waals surface area (Å²) in [6, 6.07) is 6.63. The van der Waals surface area contributed by atoms with Crippen LogP contribution in [-0.2, 0) is 0 Å². The van der Waals surface area contributed by atoms with E-state index in [1.807, 2.05) is 0 Å². The summed E-state index contributed by atoms with van der Waals surface area (Å²) in [5.41, 5.74) is 0.423. The zero-order valence-electron chi connectivity index (χ0n) is 13.8. The number of nitrogens with one attached hydrogen (secondary N) is 1. The highest BCUT2D eigenvalue weighted by Crippen LogP contribution is 2.34. The minimum Gasteiger partial charge on any atom is -0.337 e. The minimum absolute atomic E-state index is 0.00466. The maximum atomic E-state index is 14.0. The van der Waals surface area contributed by atoms with Crippen LogP contribution in [0.3, 0.4) is 0 Å². The lowest BCUT2D eigenvalue weighted by molar-refractivity contribution is 0.112. The van der Waals surface area contributed by atoms with Gasteiger partial charge in [0.15, 0.2) is 11.4 Å². The van der Waals surface area contributed by atoms with E-state index in [0.29, 0.717) is 17.9 Å². The number of hydrogen-bond acceptors (Lipinski definition) is 5. The van der Waals surface area contributed by atoms with Crippen LogP contribution in [0.2, 0.25) is 5.02 Å². The van der Waals surface area contributed by atoms with Gasteiger partial charge in [-0.15, -0.1) is 0 Å². The van der Waals surface area contributed by atoms with Crippen LogP contribution in [0.15, 0.2) is 41.6 Å². The molecule has 27 heavy (non-hydrogen) atoms. The molecule has 0 atom stereocenters. The van der Waals surface area contributed by atoms with E-state index >= 15 is 0 Å². The number of benzene rings is 2. The first-order valence-corrected chi connectivity index (χ1v) is 9.12. The standard InChI is InChI=1S/C18H11ClF3N3OS/c1-27-18-24-16(11-4-2-9(20)6-13(11)19)12(8-26)17(25-18)23-15-5-3-10(21)7-14(15)22/h2-8H,1H3,(H,23,24,25). The summed E-state index contributed by atoms with van der Waals surface area (Å²) < 4.78 is 40.5. The van der Waals surface area contributed by atoms with Gasteiger partial charge in [0.2, 0.25) is 0 Å². The zero-order chi connectivity index (χ0) is 19.6. The molecular formula is C18H11ClF3N3OS. The molecule has 0 aliphatic carbocycles. The van der Waals surface area contributed by atoms with Crippen LogP contribution in [0.4, 0.5) is 24.7 Å². The second-order valence-electron chi connectivity index (χ2n) is 5.31. The number of anilines is 2. The van der Waals surface area contributed by atoms with Crippen molar-refractivity contribution < 1.29 is 18.0 Å². The van der Waals surface area contributed by atoms with E-state index in [9.17, 15) is 18.0 Å². The molecule has 9 heteroatoms. The summed E-state index contributed by atoms with van der Waals surface area (Å²) in [7, 11) is 0. The minimum atomic E-state index is -0.850. The molecule has 0 aliphatic heterocycles. The highest BCUT2D eigenvalue weighted by molar-refractivity contribution is 7.98. The van der Waals surface area contributed by atoms with Crippen molar-refractivity contribution in [2.45, 2.75) is 5.16 Å². The highest BCUT2D eigenvalue weighted by atomic mass is 35.5. The van der Waals surface area contributed by atoms with Gasteiger partial charge in [-0.05, 0) is 36.6 Å². The number of halogens is 4. The third-order valence-electron chi connectivity index (χ3n) is 3.60. The molecule has 1 N–H and O–H groups in total. The maximum Gasteiger partial charge on any atom is 0.189 e. The van der Waals surface area contributed by atoms with Gasteiger partial charge in [0.1, 0.15) is 23.3 Å². The predicted octanol–water partition coefficient (Wildman–Crippen LogP) is 5.49. The number of carbonyl (C=O) groups is 1.